The Balaban J connectivity index is 1.56. The topological polar surface area (TPSA) is 56.7 Å². The number of aromatic hydroxyl groups is 1. The largest absolute Gasteiger partial charge is 0.506 e. The normalized spacial score (nSPS) is 25.8. The van der Waals surface area contributed by atoms with Crippen molar-refractivity contribution in [1.82, 2.24) is 10.7 Å². The predicted molar refractivity (Wildman–Crippen MR) is 99.1 cm³/mol. The zero-order valence-electron chi connectivity index (χ0n) is 11.6. The fraction of sp³-hybridized carbons (Fsp3) is 0.333. The first kappa shape index (κ1) is 16.0. The quantitative estimate of drug-likeness (QED) is 0.288. The van der Waals surface area contributed by atoms with E-state index in [2.05, 4.69) is 59.9 Å². The fourth-order valence-electron chi connectivity index (χ4n) is 2.99. The number of rotatable bonds is 3. The van der Waals surface area contributed by atoms with Gasteiger partial charge in [0.1, 0.15) is 5.75 Å². The summed E-state index contributed by atoms with van der Waals surface area (Å²) >= 11 is 11.9. The van der Waals surface area contributed by atoms with Gasteiger partial charge in [-0.25, -0.2) is 0 Å². The van der Waals surface area contributed by atoms with Gasteiger partial charge in [0.25, 0.3) is 0 Å². The highest BCUT2D eigenvalue weighted by molar-refractivity contribution is 9.11. The van der Waals surface area contributed by atoms with E-state index in [0.717, 1.165) is 10.9 Å². The number of halogens is 2. The summed E-state index contributed by atoms with van der Waals surface area (Å²) in [4.78, 5) is 0. The third kappa shape index (κ3) is 3.52. The summed E-state index contributed by atoms with van der Waals surface area (Å²) in [6, 6.07) is 3.95. The van der Waals surface area contributed by atoms with Crippen LogP contribution in [0.5, 0.6) is 5.75 Å². The summed E-state index contributed by atoms with van der Waals surface area (Å²) in [5, 5.41) is 17.9. The molecular weight excluding hydrogens is 430 g/mol. The number of fused-ring (bicyclic) bond motifs is 2. The van der Waals surface area contributed by atoms with E-state index in [9.17, 15) is 5.11 Å². The molecule has 1 saturated carbocycles. The lowest BCUT2D eigenvalue weighted by molar-refractivity contribution is 0.471. The maximum absolute atomic E-state index is 9.95. The van der Waals surface area contributed by atoms with Crippen molar-refractivity contribution in [2.75, 3.05) is 0 Å². The van der Waals surface area contributed by atoms with Gasteiger partial charge in [-0.1, -0.05) is 28.1 Å². The Kier molecular flexibility index (Phi) is 4.84. The van der Waals surface area contributed by atoms with E-state index in [0.29, 0.717) is 33.0 Å². The molecule has 2 aliphatic rings. The molecule has 116 valence electrons. The minimum Gasteiger partial charge on any atom is -0.506 e. The monoisotopic (exact) mass is 443 g/mol. The second-order valence-electron chi connectivity index (χ2n) is 5.56. The van der Waals surface area contributed by atoms with Gasteiger partial charge in [-0.2, -0.15) is 5.10 Å². The molecule has 1 fully saturated rings. The number of phenols is 1. The minimum atomic E-state index is 0.144. The van der Waals surface area contributed by atoms with Crippen LogP contribution in [-0.2, 0) is 0 Å². The first-order valence-electron chi connectivity index (χ1n) is 6.99. The lowest BCUT2D eigenvalue weighted by Crippen LogP contribution is -2.42. The smallest absolute Gasteiger partial charge is 0.187 e. The van der Waals surface area contributed by atoms with E-state index < -0.39 is 0 Å². The summed E-state index contributed by atoms with van der Waals surface area (Å²) in [6.07, 6.45) is 8.47. The highest BCUT2D eigenvalue weighted by Crippen LogP contribution is 2.38. The van der Waals surface area contributed by atoms with Crippen LogP contribution in [0.15, 0.2) is 38.3 Å². The third-order valence-corrected chi connectivity index (χ3v) is 5.29. The van der Waals surface area contributed by atoms with E-state index in [1.165, 1.54) is 6.42 Å². The number of hydrogen-bond donors (Lipinski definition) is 3. The molecule has 4 nitrogen and oxygen atoms in total. The van der Waals surface area contributed by atoms with E-state index in [1.807, 2.05) is 0 Å². The minimum absolute atomic E-state index is 0.144. The lowest BCUT2D eigenvalue weighted by Gasteiger charge is -2.20. The first-order chi connectivity index (χ1) is 10.5. The van der Waals surface area contributed by atoms with E-state index in [-0.39, 0.29) is 5.75 Å². The van der Waals surface area contributed by atoms with Gasteiger partial charge < -0.3 is 10.4 Å². The molecular formula is C15H15Br2N3OS. The molecule has 7 heteroatoms. The second kappa shape index (κ2) is 6.68. The van der Waals surface area contributed by atoms with Crippen molar-refractivity contribution >= 4 is 55.4 Å². The molecule has 2 bridgehead atoms. The van der Waals surface area contributed by atoms with E-state index >= 15 is 0 Å². The summed E-state index contributed by atoms with van der Waals surface area (Å²) in [5.74, 6) is 1.43. The Morgan fingerprint density at radius 3 is 2.82 bits per heavy atom. The molecule has 0 aromatic heterocycles. The number of nitrogens with one attached hydrogen (secondary N) is 2. The third-order valence-electron chi connectivity index (χ3n) is 4.02. The van der Waals surface area contributed by atoms with Crippen LogP contribution in [0.1, 0.15) is 18.4 Å². The second-order valence-corrected chi connectivity index (χ2v) is 7.73. The summed E-state index contributed by atoms with van der Waals surface area (Å²) < 4.78 is 1.46. The Hall–Kier alpha value is -0.920. The van der Waals surface area contributed by atoms with Crippen LogP contribution in [0.3, 0.4) is 0 Å². The number of allylic oxidation sites excluding steroid dienone is 1. The van der Waals surface area contributed by atoms with Gasteiger partial charge in [-0.3, -0.25) is 5.43 Å². The first-order valence-corrected chi connectivity index (χ1v) is 8.98. The van der Waals surface area contributed by atoms with E-state index in [1.54, 1.807) is 18.3 Å². The number of benzene rings is 1. The van der Waals surface area contributed by atoms with Crippen LogP contribution < -0.4 is 10.7 Å². The average Bonchev–Trinajstić information content (AvgIpc) is 3.06. The SMILES string of the molecule is Oc1c(Br)cc(Br)cc1/C=N/NC(=S)N[C@H]1CC2C=CC1C2. The molecule has 0 amide bonds. The Morgan fingerprint density at radius 1 is 1.32 bits per heavy atom. The summed E-state index contributed by atoms with van der Waals surface area (Å²) in [5.41, 5.74) is 3.40. The van der Waals surface area contributed by atoms with Gasteiger partial charge >= 0.3 is 0 Å². The molecule has 3 N–H and O–H groups in total. The van der Waals surface area contributed by atoms with Crippen molar-refractivity contribution in [3.05, 3.63) is 38.8 Å². The average molecular weight is 445 g/mol. The number of hydrazone groups is 1. The van der Waals surface area contributed by atoms with Crippen LogP contribution in [0.25, 0.3) is 0 Å². The van der Waals surface area contributed by atoms with Crippen molar-refractivity contribution in [2.45, 2.75) is 18.9 Å². The number of nitrogens with zero attached hydrogens (tertiary/aromatic N) is 1. The summed E-state index contributed by atoms with van der Waals surface area (Å²) in [7, 11) is 0. The number of thiocarbonyl (C=S) groups is 1. The van der Waals surface area contributed by atoms with Crippen LogP contribution in [-0.4, -0.2) is 22.5 Å². The van der Waals surface area contributed by atoms with Gasteiger partial charge in [-0.05, 0) is 65.0 Å². The maximum atomic E-state index is 9.95. The zero-order chi connectivity index (χ0) is 15.7. The van der Waals surface area contributed by atoms with Gasteiger partial charge in [0.05, 0.1) is 10.7 Å². The van der Waals surface area contributed by atoms with Crippen molar-refractivity contribution in [3.8, 4) is 5.75 Å². The molecule has 3 rings (SSSR count). The lowest BCUT2D eigenvalue weighted by atomic mass is 10.0. The number of hydrogen-bond acceptors (Lipinski definition) is 3. The standard InChI is InChI=1S/C15H15Br2N3OS/c16-11-5-10(14(21)12(17)6-11)7-18-20-15(22)19-13-4-8-1-2-9(13)3-8/h1-2,5-9,13,21H,3-4H2,(H2,19,20,22)/b18-7+/t8?,9?,13-/m0/s1. The molecule has 0 aliphatic heterocycles. The molecule has 0 saturated heterocycles. The molecule has 1 aromatic carbocycles. The van der Waals surface area contributed by atoms with Gasteiger partial charge in [0.15, 0.2) is 5.11 Å². The highest BCUT2D eigenvalue weighted by Gasteiger charge is 2.35. The Labute approximate surface area is 151 Å². The molecule has 3 atom stereocenters. The van der Waals surface area contributed by atoms with Crippen molar-refractivity contribution < 1.29 is 5.11 Å². The Bertz CT molecular complexity index is 662. The molecule has 22 heavy (non-hydrogen) atoms. The van der Waals surface area contributed by atoms with Crippen molar-refractivity contribution in [1.29, 1.82) is 0 Å². The van der Waals surface area contributed by atoms with Crippen LogP contribution in [0.4, 0.5) is 0 Å². The highest BCUT2D eigenvalue weighted by atomic mass is 79.9. The fourth-order valence-corrected chi connectivity index (χ4v) is 4.45. The Morgan fingerprint density at radius 2 is 2.14 bits per heavy atom. The van der Waals surface area contributed by atoms with Gasteiger partial charge in [0.2, 0.25) is 0 Å². The summed E-state index contributed by atoms with van der Waals surface area (Å²) in [6.45, 7) is 0. The molecule has 1 aromatic rings. The molecule has 2 unspecified atom stereocenters. The van der Waals surface area contributed by atoms with Gasteiger partial charge in [-0.15, -0.1) is 0 Å². The van der Waals surface area contributed by atoms with E-state index in [4.69, 9.17) is 12.2 Å². The van der Waals surface area contributed by atoms with Crippen LogP contribution in [0, 0.1) is 11.8 Å². The molecule has 2 aliphatic carbocycles. The van der Waals surface area contributed by atoms with Crippen LogP contribution in [0.2, 0.25) is 0 Å². The van der Waals surface area contributed by atoms with Gasteiger partial charge in [0, 0.05) is 16.1 Å². The van der Waals surface area contributed by atoms with Crippen molar-refractivity contribution in [2.24, 2.45) is 16.9 Å². The van der Waals surface area contributed by atoms with Crippen LogP contribution >= 0.6 is 44.1 Å². The molecule has 0 heterocycles. The maximum Gasteiger partial charge on any atom is 0.187 e. The predicted octanol–water partition coefficient (Wildman–Crippen LogP) is 3.68. The van der Waals surface area contributed by atoms with Crippen molar-refractivity contribution in [3.63, 3.8) is 0 Å². The zero-order valence-corrected chi connectivity index (χ0v) is 15.6. The number of phenolic OH excluding ortho intramolecular Hbond substituents is 1. The molecule has 0 radical (unpaired) electrons. The molecule has 0 spiro atoms.